The minimum atomic E-state index is 0.441. The molecule has 0 spiro atoms. The van der Waals surface area contributed by atoms with Crippen molar-refractivity contribution in [3.63, 3.8) is 0 Å². The molecule has 0 aliphatic heterocycles. The molecule has 2 heterocycles. The average Bonchev–Trinajstić information content (AvgIpc) is 3.10. The van der Waals surface area contributed by atoms with Crippen molar-refractivity contribution in [2.45, 2.75) is 19.8 Å². The second kappa shape index (κ2) is 6.84. The number of benzene rings is 1. The lowest BCUT2D eigenvalue weighted by atomic mass is 10.1. The highest BCUT2D eigenvalue weighted by atomic mass is 16.3. The molecule has 120 valence electrons. The van der Waals surface area contributed by atoms with Crippen molar-refractivity contribution < 1.29 is 4.42 Å². The first kappa shape index (κ1) is 15.6. The third-order valence-corrected chi connectivity index (χ3v) is 3.60. The molecular weight excluding hydrogens is 302 g/mol. The fraction of sp³-hybridized carbons (Fsp3) is 0.167. The number of nitrogens with one attached hydrogen (secondary N) is 1. The van der Waals surface area contributed by atoms with Gasteiger partial charge in [-0.05, 0) is 30.7 Å². The molecule has 0 amide bonds. The minimum Gasteiger partial charge on any atom is -0.444 e. The summed E-state index contributed by atoms with van der Waals surface area (Å²) in [5.74, 6) is 1.34. The number of oxazole rings is 1. The number of pyridine rings is 1. The van der Waals surface area contributed by atoms with Crippen LogP contribution in [0, 0.1) is 11.3 Å². The Bertz CT molecular complexity index is 864. The molecule has 3 N–H and O–H groups in total. The van der Waals surface area contributed by atoms with Gasteiger partial charge < -0.3 is 15.5 Å². The Morgan fingerprint density at radius 3 is 2.71 bits per heavy atom. The molecule has 3 aromatic rings. The van der Waals surface area contributed by atoms with Crippen LogP contribution in [0.1, 0.15) is 24.6 Å². The van der Waals surface area contributed by atoms with Crippen LogP contribution in [-0.4, -0.2) is 9.97 Å². The monoisotopic (exact) mass is 319 g/mol. The van der Waals surface area contributed by atoms with E-state index in [4.69, 9.17) is 10.2 Å². The maximum absolute atomic E-state index is 9.22. The predicted octanol–water partition coefficient (Wildman–Crippen LogP) is 3.89. The predicted molar refractivity (Wildman–Crippen MR) is 92.6 cm³/mol. The van der Waals surface area contributed by atoms with Crippen LogP contribution in [0.4, 0.5) is 17.2 Å². The number of hydrogen-bond acceptors (Lipinski definition) is 6. The van der Waals surface area contributed by atoms with Crippen LogP contribution >= 0.6 is 0 Å². The first-order valence-electron chi connectivity index (χ1n) is 7.66. The molecule has 0 saturated carbocycles. The van der Waals surface area contributed by atoms with E-state index in [9.17, 15) is 5.26 Å². The summed E-state index contributed by atoms with van der Waals surface area (Å²) in [6, 6.07) is 11.5. The highest BCUT2D eigenvalue weighted by molar-refractivity contribution is 5.68. The molecule has 0 unspecified atom stereocenters. The van der Waals surface area contributed by atoms with Crippen molar-refractivity contribution in [2.24, 2.45) is 0 Å². The van der Waals surface area contributed by atoms with E-state index in [-0.39, 0.29) is 0 Å². The molecular formula is C18H17N5O. The van der Waals surface area contributed by atoms with Crippen LogP contribution in [0.3, 0.4) is 0 Å². The molecule has 0 aliphatic carbocycles. The van der Waals surface area contributed by atoms with Gasteiger partial charge in [0.2, 0.25) is 0 Å². The molecule has 3 rings (SSSR count). The van der Waals surface area contributed by atoms with Crippen molar-refractivity contribution in [1.29, 1.82) is 5.26 Å². The van der Waals surface area contributed by atoms with Gasteiger partial charge in [-0.1, -0.05) is 13.3 Å². The zero-order valence-corrected chi connectivity index (χ0v) is 13.3. The van der Waals surface area contributed by atoms with Gasteiger partial charge in [-0.3, -0.25) is 0 Å². The van der Waals surface area contributed by atoms with Gasteiger partial charge in [0.25, 0.3) is 0 Å². The maximum atomic E-state index is 9.22. The second-order valence-electron chi connectivity index (χ2n) is 5.35. The SMILES string of the molecule is CCCc1nc(Nc2ccc(-c3cnco3)cc2)cc(N)c1C#N. The van der Waals surface area contributed by atoms with Crippen molar-refractivity contribution in [2.75, 3.05) is 11.1 Å². The molecule has 0 bridgehead atoms. The molecule has 0 aliphatic rings. The largest absolute Gasteiger partial charge is 0.444 e. The summed E-state index contributed by atoms with van der Waals surface area (Å²) in [5, 5.41) is 12.4. The average molecular weight is 319 g/mol. The smallest absolute Gasteiger partial charge is 0.181 e. The fourth-order valence-corrected chi connectivity index (χ4v) is 2.45. The van der Waals surface area contributed by atoms with Gasteiger partial charge in [0, 0.05) is 17.3 Å². The number of anilines is 3. The molecule has 0 radical (unpaired) electrons. The number of nitrogen functional groups attached to an aromatic ring is 1. The zero-order valence-electron chi connectivity index (χ0n) is 13.3. The summed E-state index contributed by atoms with van der Waals surface area (Å²) in [6.07, 6.45) is 4.69. The number of aryl methyl sites for hydroxylation is 1. The number of nitrogens with two attached hydrogens (primary N) is 1. The van der Waals surface area contributed by atoms with Crippen molar-refractivity contribution in [3.05, 3.63) is 54.2 Å². The van der Waals surface area contributed by atoms with Crippen LogP contribution in [-0.2, 0) is 6.42 Å². The number of hydrogen-bond donors (Lipinski definition) is 2. The van der Waals surface area contributed by atoms with Crippen molar-refractivity contribution >= 4 is 17.2 Å². The lowest BCUT2D eigenvalue weighted by molar-refractivity contribution is 0.572. The van der Waals surface area contributed by atoms with E-state index in [0.29, 0.717) is 29.2 Å². The topological polar surface area (TPSA) is 101 Å². The van der Waals surface area contributed by atoms with Gasteiger partial charge in [0.1, 0.15) is 11.9 Å². The van der Waals surface area contributed by atoms with Crippen molar-refractivity contribution in [1.82, 2.24) is 9.97 Å². The third-order valence-electron chi connectivity index (χ3n) is 3.60. The lowest BCUT2D eigenvalue weighted by Gasteiger charge is -2.11. The van der Waals surface area contributed by atoms with E-state index in [2.05, 4.69) is 21.4 Å². The normalized spacial score (nSPS) is 10.3. The van der Waals surface area contributed by atoms with E-state index in [1.165, 1.54) is 6.39 Å². The van der Waals surface area contributed by atoms with Gasteiger partial charge >= 0.3 is 0 Å². The van der Waals surface area contributed by atoms with Gasteiger partial charge in [-0.15, -0.1) is 0 Å². The van der Waals surface area contributed by atoms with Gasteiger partial charge in [0.05, 0.1) is 23.1 Å². The molecule has 0 saturated heterocycles. The van der Waals surface area contributed by atoms with Crippen molar-refractivity contribution in [3.8, 4) is 17.4 Å². The fourth-order valence-electron chi connectivity index (χ4n) is 2.45. The van der Waals surface area contributed by atoms with Crippen LogP contribution in [0.2, 0.25) is 0 Å². The third kappa shape index (κ3) is 3.20. The summed E-state index contributed by atoms with van der Waals surface area (Å²) >= 11 is 0. The molecule has 6 heteroatoms. The van der Waals surface area contributed by atoms with E-state index in [1.807, 2.05) is 31.2 Å². The lowest BCUT2D eigenvalue weighted by Crippen LogP contribution is -2.04. The molecule has 2 aromatic heterocycles. The van der Waals surface area contributed by atoms with E-state index in [1.54, 1.807) is 12.3 Å². The number of aromatic nitrogens is 2. The Morgan fingerprint density at radius 1 is 1.29 bits per heavy atom. The molecule has 6 nitrogen and oxygen atoms in total. The summed E-state index contributed by atoms with van der Waals surface area (Å²) in [4.78, 5) is 8.43. The van der Waals surface area contributed by atoms with Gasteiger partial charge in [-0.2, -0.15) is 5.26 Å². The maximum Gasteiger partial charge on any atom is 0.181 e. The number of rotatable bonds is 5. The van der Waals surface area contributed by atoms with E-state index >= 15 is 0 Å². The van der Waals surface area contributed by atoms with E-state index in [0.717, 1.165) is 23.4 Å². The Labute approximate surface area is 140 Å². The summed E-state index contributed by atoms with van der Waals surface area (Å²) in [5.41, 5.74) is 9.42. The summed E-state index contributed by atoms with van der Waals surface area (Å²) in [6.45, 7) is 2.04. The molecule has 1 aromatic carbocycles. The zero-order chi connectivity index (χ0) is 16.9. The standard InChI is InChI=1S/C18H17N5O/c1-2-3-16-14(9-19)15(20)8-18(23-16)22-13-6-4-12(5-7-13)17-10-21-11-24-17/h4-8,10-11H,2-3H2,1H3,(H3,20,22,23). The Kier molecular flexibility index (Phi) is 4.43. The van der Waals surface area contributed by atoms with Crippen LogP contribution < -0.4 is 11.1 Å². The first-order chi connectivity index (χ1) is 11.7. The molecule has 0 fully saturated rings. The van der Waals surface area contributed by atoms with Gasteiger partial charge in [0.15, 0.2) is 12.2 Å². The minimum absolute atomic E-state index is 0.441. The number of nitrogens with zero attached hydrogens (tertiary/aromatic N) is 3. The van der Waals surface area contributed by atoms with Gasteiger partial charge in [-0.25, -0.2) is 9.97 Å². The second-order valence-corrected chi connectivity index (χ2v) is 5.35. The Morgan fingerprint density at radius 2 is 2.08 bits per heavy atom. The highest BCUT2D eigenvalue weighted by Gasteiger charge is 2.10. The molecule has 0 atom stereocenters. The number of nitriles is 1. The highest BCUT2D eigenvalue weighted by Crippen LogP contribution is 2.25. The van der Waals surface area contributed by atoms with Crippen LogP contribution in [0.5, 0.6) is 0 Å². The summed E-state index contributed by atoms with van der Waals surface area (Å²) < 4.78 is 5.27. The first-order valence-corrected chi connectivity index (χ1v) is 7.66. The molecule has 24 heavy (non-hydrogen) atoms. The van der Waals surface area contributed by atoms with E-state index < -0.39 is 0 Å². The van der Waals surface area contributed by atoms with Crippen LogP contribution in [0.15, 0.2) is 47.3 Å². The Balaban J connectivity index is 1.84. The Hall–Kier alpha value is -3.33. The van der Waals surface area contributed by atoms with Crippen LogP contribution in [0.25, 0.3) is 11.3 Å². The summed E-state index contributed by atoms with van der Waals surface area (Å²) in [7, 11) is 0. The quantitative estimate of drug-likeness (QED) is 0.740.